The highest BCUT2D eigenvalue weighted by Gasteiger charge is 2.41. The molecule has 1 aliphatic heterocycles. The zero-order valence-corrected chi connectivity index (χ0v) is 15.8. The number of aliphatic carboxylic acids is 1. The second-order valence-electron chi connectivity index (χ2n) is 7.45. The minimum atomic E-state index is -0.715. The maximum Gasteiger partial charge on any atom is 0.317 e. The summed E-state index contributed by atoms with van der Waals surface area (Å²) in [5.74, 6) is 0.879. The maximum absolute atomic E-state index is 10.8. The predicted molar refractivity (Wildman–Crippen MR) is 97.5 cm³/mol. The molecule has 132 valence electrons. The van der Waals surface area contributed by atoms with Crippen molar-refractivity contribution in [2.24, 2.45) is 11.3 Å². The van der Waals surface area contributed by atoms with E-state index in [2.05, 4.69) is 27.8 Å². The van der Waals surface area contributed by atoms with E-state index in [1.165, 1.54) is 19.3 Å². The van der Waals surface area contributed by atoms with Crippen LogP contribution in [0.4, 0.5) is 0 Å². The van der Waals surface area contributed by atoms with Crippen LogP contribution in [0, 0.1) is 18.3 Å². The fourth-order valence-corrected chi connectivity index (χ4v) is 4.60. The molecular weight excluding hydrogens is 370 g/mol. The molecule has 0 aromatic heterocycles. The molecular formula is C19H26BrNO3. The van der Waals surface area contributed by atoms with E-state index in [0.29, 0.717) is 11.3 Å². The Labute approximate surface area is 152 Å². The van der Waals surface area contributed by atoms with Gasteiger partial charge in [0.25, 0.3) is 0 Å². The van der Waals surface area contributed by atoms with Crippen LogP contribution in [0.2, 0.25) is 0 Å². The van der Waals surface area contributed by atoms with Crippen LogP contribution in [0.15, 0.2) is 22.7 Å². The van der Waals surface area contributed by atoms with Gasteiger partial charge in [-0.15, -0.1) is 0 Å². The Morgan fingerprint density at radius 3 is 2.83 bits per heavy atom. The van der Waals surface area contributed by atoms with Crippen molar-refractivity contribution in [2.75, 3.05) is 26.2 Å². The number of benzene rings is 1. The van der Waals surface area contributed by atoms with Crippen LogP contribution in [0.25, 0.3) is 0 Å². The predicted octanol–water partition coefficient (Wildman–Crippen LogP) is 4.10. The molecule has 1 aliphatic carbocycles. The van der Waals surface area contributed by atoms with E-state index in [1.807, 2.05) is 18.2 Å². The lowest BCUT2D eigenvalue weighted by Crippen LogP contribution is -2.41. The quantitative estimate of drug-likeness (QED) is 0.814. The molecule has 5 heteroatoms. The largest absolute Gasteiger partial charge is 0.493 e. The van der Waals surface area contributed by atoms with Crippen LogP contribution in [0.3, 0.4) is 0 Å². The summed E-state index contributed by atoms with van der Waals surface area (Å²) in [6.45, 7) is 4.89. The highest BCUT2D eigenvalue weighted by Crippen LogP contribution is 2.49. The lowest BCUT2D eigenvalue weighted by molar-refractivity contribution is -0.138. The molecule has 0 amide bonds. The molecule has 24 heavy (non-hydrogen) atoms. The SMILES string of the molecule is Cc1c(Br)cccc1OC[C@@H]1CCC2(CCN(CC(=O)O)CC2)C1. The molecule has 1 aromatic rings. The van der Waals surface area contributed by atoms with Crippen LogP contribution >= 0.6 is 15.9 Å². The maximum atomic E-state index is 10.8. The zero-order chi connectivity index (χ0) is 17.2. The summed E-state index contributed by atoms with van der Waals surface area (Å²) in [5, 5.41) is 8.92. The number of rotatable bonds is 5. The van der Waals surface area contributed by atoms with Crippen molar-refractivity contribution in [2.45, 2.75) is 39.0 Å². The lowest BCUT2D eigenvalue weighted by Gasteiger charge is -2.39. The molecule has 2 fully saturated rings. The van der Waals surface area contributed by atoms with Gasteiger partial charge in [0, 0.05) is 10.0 Å². The number of carboxylic acids is 1. The number of halogens is 1. The van der Waals surface area contributed by atoms with Crippen LogP contribution in [0.1, 0.15) is 37.7 Å². The van der Waals surface area contributed by atoms with Crippen molar-refractivity contribution >= 4 is 21.9 Å². The van der Waals surface area contributed by atoms with Crippen molar-refractivity contribution in [3.63, 3.8) is 0 Å². The van der Waals surface area contributed by atoms with Gasteiger partial charge in [-0.25, -0.2) is 0 Å². The van der Waals surface area contributed by atoms with Crippen LogP contribution in [0.5, 0.6) is 5.75 Å². The Kier molecular flexibility index (Phi) is 5.50. The van der Waals surface area contributed by atoms with Gasteiger partial charge < -0.3 is 9.84 Å². The Morgan fingerprint density at radius 2 is 2.12 bits per heavy atom. The zero-order valence-electron chi connectivity index (χ0n) is 14.3. The first-order valence-corrected chi connectivity index (χ1v) is 9.59. The molecule has 1 saturated heterocycles. The highest BCUT2D eigenvalue weighted by atomic mass is 79.9. The van der Waals surface area contributed by atoms with Crippen LogP contribution in [-0.2, 0) is 4.79 Å². The van der Waals surface area contributed by atoms with Gasteiger partial charge in [0.15, 0.2) is 0 Å². The average molecular weight is 396 g/mol. The molecule has 3 rings (SSSR count). The second-order valence-corrected chi connectivity index (χ2v) is 8.31. The van der Waals surface area contributed by atoms with Crippen molar-refractivity contribution in [1.29, 1.82) is 0 Å². The Hall–Kier alpha value is -1.07. The van der Waals surface area contributed by atoms with Crippen LogP contribution < -0.4 is 4.74 Å². The molecule has 0 unspecified atom stereocenters. The first-order valence-electron chi connectivity index (χ1n) is 8.79. The number of likely N-dealkylation sites (tertiary alicyclic amines) is 1. The standard InChI is InChI=1S/C19H26BrNO3/c1-14-16(20)3-2-4-17(14)24-13-15-5-6-19(11-15)7-9-21(10-8-19)12-18(22)23/h2-4,15H,5-13H2,1H3,(H,22,23)/t15-/m1/s1. The fraction of sp³-hybridized carbons (Fsp3) is 0.632. The minimum Gasteiger partial charge on any atom is -0.493 e. The van der Waals surface area contributed by atoms with Crippen LogP contribution in [-0.4, -0.2) is 42.2 Å². The van der Waals surface area contributed by atoms with Crippen molar-refractivity contribution < 1.29 is 14.6 Å². The number of carboxylic acid groups (broad SMARTS) is 1. The smallest absolute Gasteiger partial charge is 0.317 e. The summed E-state index contributed by atoms with van der Waals surface area (Å²) >= 11 is 3.55. The number of nitrogens with zero attached hydrogens (tertiary/aromatic N) is 1. The summed E-state index contributed by atoms with van der Waals surface area (Å²) in [6, 6.07) is 6.09. The summed E-state index contributed by atoms with van der Waals surface area (Å²) in [6.07, 6.45) is 5.98. The van der Waals surface area contributed by atoms with Gasteiger partial charge in [0.2, 0.25) is 0 Å². The molecule has 1 heterocycles. The molecule has 1 atom stereocenters. The van der Waals surface area contributed by atoms with Gasteiger partial charge >= 0.3 is 5.97 Å². The second kappa shape index (κ2) is 7.44. The summed E-state index contributed by atoms with van der Waals surface area (Å²) < 4.78 is 7.18. The third-order valence-corrected chi connectivity index (χ3v) is 6.63. The Balaban J connectivity index is 1.49. The van der Waals surface area contributed by atoms with E-state index >= 15 is 0 Å². The number of carbonyl (C=O) groups is 1. The van der Waals surface area contributed by atoms with E-state index in [9.17, 15) is 4.79 Å². The van der Waals surface area contributed by atoms with Crippen molar-refractivity contribution in [1.82, 2.24) is 4.90 Å². The van der Waals surface area contributed by atoms with Gasteiger partial charge in [0.05, 0.1) is 13.2 Å². The third-order valence-electron chi connectivity index (χ3n) is 5.77. The summed E-state index contributed by atoms with van der Waals surface area (Å²) in [4.78, 5) is 12.9. The first-order chi connectivity index (χ1) is 11.5. The van der Waals surface area contributed by atoms with E-state index in [-0.39, 0.29) is 6.54 Å². The van der Waals surface area contributed by atoms with E-state index in [0.717, 1.165) is 48.3 Å². The average Bonchev–Trinajstić information content (AvgIpc) is 2.94. The Bertz CT molecular complexity index is 596. The molecule has 1 saturated carbocycles. The number of hydrogen-bond acceptors (Lipinski definition) is 3. The molecule has 1 spiro atoms. The monoisotopic (exact) mass is 395 g/mol. The normalized spacial score (nSPS) is 23.5. The van der Waals surface area contributed by atoms with Crippen molar-refractivity contribution in [3.8, 4) is 5.75 Å². The molecule has 2 aliphatic rings. The van der Waals surface area contributed by atoms with Gasteiger partial charge in [-0.05, 0) is 75.6 Å². The summed E-state index contributed by atoms with van der Waals surface area (Å²) in [7, 11) is 0. The molecule has 0 radical (unpaired) electrons. The summed E-state index contributed by atoms with van der Waals surface area (Å²) in [5.41, 5.74) is 1.59. The third kappa shape index (κ3) is 4.12. The number of piperidine rings is 1. The highest BCUT2D eigenvalue weighted by molar-refractivity contribution is 9.10. The number of hydrogen-bond donors (Lipinski definition) is 1. The van der Waals surface area contributed by atoms with Gasteiger partial charge in [-0.3, -0.25) is 9.69 Å². The van der Waals surface area contributed by atoms with Gasteiger partial charge in [0.1, 0.15) is 5.75 Å². The molecule has 1 N–H and O–H groups in total. The minimum absolute atomic E-state index is 0.185. The molecule has 1 aromatic carbocycles. The number of ether oxygens (including phenoxy) is 1. The Morgan fingerprint density at radius 1 is 1.38 bits per heavy atom. The van der Waals surface area contributed by atoms with E-state index in [1.54, 1.807) is 0 Å². The van der Waals surface area contributed by atoms with Gasteiger partial charge in [-0.1, -0.05) is 22.0 Å². The lowest BCUT2D eigenvalue weighted by atomic mass is 9.76. The first kappa shape index (κ1) is 17.7. The molecule has 0 bridgehead atoms. The van der Waals surface area contributed by atoms with Gasteiger partial charge in [-0.2, -0.15) is 0 Å². The topological polar surface area (TPSA) is 49.8 Å². The van der Waals surface area contributed by atoms with Crippen molar-refractivity contribution in [3.05, 3.63) is 28.2 Å². The fourth-order valence-electron chi connectivity index (χ4n) is 4.25. The van der Waals surface area contributed by atoms with E-state index in [4.69, 9.17) is 9.84 Å². The van der Waals surface area contributed by atoms with E-state index < -0.39 is 5.97 Å². The molecule has 4 nitrogen and oxygen atoms in total.